The van der Waals surface area contributed by atoms with Crippen molar-refractivity contribution >= 4 is 34.2 Å². The Labute approximate surface area is 85.7 Å². The maximum atomic E-state index is 11.4. The third kappa shape index (κ3) is 1.54. The molecule has 0 bridgehead atoms. The van der Waals surface area contributed by atoms with Crippen molar-refractivity contribution in [3.05, 3.63) is 23.2 Å². The molecule has 0 fully saturated rings. The van der Waals surface area contributed by atoms with E-state index in [-0.39, 0.29) is 11.2 Å². The highest BCUT2D eigenvalue weighted by Crippen LogP contribution is 2.38. The molecule has 2 nitrogen and oxygen atoms in total. The lowest BCUT2D eigenvalue weighted by atomic mass is 10.2. The van der Waals surface area contributed by atoms with Gasteiger partial charge in [-0.2, -0.15) is 0 Å². The fourth-order valence-corrected chi connectivity index (χ4v) is 2.34. The number of hydrogen-bond acceptors (Lipinski definition) is 3. The maximum Gasteiger partial charge on any atom is 0.215 e. The van der Waals surface area contributed by atoms with E-state index in [1.165, 1.54) is 11.8 Å². The molecule has 0 saturated carbocycles. The molecular weight excluding hydrogens is 206 g/mol. The monoisotopic (exact) mass is 213 g/mol. The summed E-state index contributed by atoms with van der Waals surface area (Å²) in [6.07, 6.45) is 0. The first kappa shape index (κ1) is 8.91. The zero-order valence-corrected chi connectivity index (χ0v) is 8.58. The zero-order valence-electron chi connectivity index (χ0n) is 7.00. The molecule has 1 N–H and O–H groups in total. The fraction of sp³-hybridized carbons (Fsp3) is 0.222. The fourth-order valence-electron chi connectivity index (χ4n) is 1.21. The molecule has 2 rings (SSSR count). The maximum absolute atomic E-state index is 11.4. The SMILES string of the molecule is CC1Nc2cccc(Cl)c2SC1=O. The number of fused-ring (bicyclic) bond motifs is 1. The number of rotatable bonds is 0. The molecule has 68 valence electrons. The molecule has 4 heteroatoms. The van der Waals surface area contributed by atoms with Gasteiger partial charge >= 0.3 is 0 Å². The van der Waals surface area contributed by atoms with Crippen molar-refractivity contribution in [1.82, 2.24) is 0 Å². The van der Waals surface area contributed by atoms with Gasteiger partial charge in [0, 0.05) is 0 Å². The second kappa shape index (κ2) is 3.24. The molecule has 0 saturated heterocycles. The van der Waals surface area contributed by atoms with Crippen molar-refractivity contribution in [2.45, 2.75) is 17.9 Å². The van der Waals surface area contributed by atoms with E-state index < -0.39 is 0 Å². The van der Waals surface area contributed by atoms with Crippen LogP contribution >= 0.6 is 23.4 Å². The van der Waals surface area contributed by atoms with Crippen LogP contribution in [0, 0.1) is 0 Å². The number of halogens is 1. The van der Waals surface area contributed by atoms with Crippen LogP contribution < -0.4 is 5.32 Å². The van der Waals surface area contributed by atoms with E-state index in [2.05, 4.69) is 5.32 Å². The Kier molecular flexibility index (Phi) is 2.22. The Balaban J connectivity index is 2.48. The third-order valence-corrected chi connectivity index (χ3v) is 3.52. The lowest BCUT2D eigenvalue weighted by Gasteiger charge is -2.22. The van der Waals surface area contributed by atoms with Crippen LogP contribution in [0.1, 0.15) is 6.92 Å². The molecule has 13 heavy (non-hydrogen) atoms. The summed E-state index contributed by atoms with van der Waals surface area (Å²) in [4.78, 5) is 12.2. The van der Waals surface area contributed by atoms with Gasteiger partial charge in [-0.25, -0.2) is 0 Å². The lowest BCUT2D eigenvalue weighted by Crippen LogP contribution is -2.27. The molecule has 0 amide bonds. The van der Waals surface area contributed by atoms with Gasteiger partial charge in [-0.05, 0) is 30.8 Å². The number of carbonyl (C=O) groups excluding carboxylic acids is 1. The smallest absolute Gasteiger partial charge is 0.215 e. The van der Waals surface area contributed by atoms with E-state index in [9.17, 15) is 4.79 Å². The molecule has 0 spiro atoms. The van der Waals surface area contributed by atoms with Crippen LogP contribution in [0.25, 0.3) is 0 Å². The largest absolute Gasteiger partial charge is 0.374 e. The Bertz CT molecular complexity index is 367. The molecule has 1 aliphatic rings. The summed E-state index contributed by atoms with van der Waals surface area (Å²) in [6.45, 7) is 1.85. The highest BCUT2D eigenvalue weighted by atomic mass is 35.5. The summed E-state index contributed by atoms with van der Waals surface area (Å²) in [5.41, 5.74) is 0.949. The Morgan fingerprint density at radius 2 is 2.31 bits per heavy atom. The summed E-state index contributed by atoms with van der Waals surface area (Å²) in [6, 6.07) is 5.46. The minimum absolute atomic E-state index is 0.112. The van der Waals surface area contributed by atoms with Crippen LogP contribution in [0.4, 0.5) is 5.69 Å². The molecule has 1 atom stereocenters. The van der Waals surface area contributed by atoms with Gasteiger partial charge in [0.15, 0.2) is 0 Å². The Hall–Kier alpha value is -0.670. The van der Waals surface area contributed by atoms with E-state index in [0.29, 0.717) is 5.02 Å². The lowest BCUT2D eigenvalue weighted by molar-refractivity contribution is -0.111. The van der Waals surface area contributed by atoms with Crippen LogP contribution in [0.15, 0.2) is 23.1 Å². The minimum Gasteiger partial charge on any atom is -0.374 e. The first-order valence-corrected chi connectivity index (χ1v) is 5.14. The van der Waals surface area contributed by atoms with Gasteiger partial charge < -0.3 is 5.32 Å². The van der Waals surface area contributed by atoms with Gasteiger partial charge in [0.25, 0.3) is 0 Å². The van der Waals surface area contributed by atoms with Gasteiger partial charge in [0.1, 0.15) is 0 Å². The van der Waals surface area contributed by atoms with Gasteiger partial charge in [-0.1, -0.05) is 17.7 Å². The van der Waals surface area contributed by atoms with Crippen LogP contribution in [-0.2, 0) is 4.79 Å². The standard InChI is InChI=1S/C9H8ClNOS/c1-5-9(12)13-8-6(10)3-2-4-7(8)11-5/h2-5,11H,1H3. The molecule has 1 aliphatic heterocycles. The predicted octanol–water partition coefficient (Wildman–Crippen LogP) is 2.77. The first-order chi connectivity index (χ1) is 6.18. The Morgan fingerprint density at radius 1 is 1.54 bits per heavy atom. The summed E-state index contributed by atoms with van der Waals surface area (Å²) < 4.78 is 0. The Morgan fingerprint density at radius 3 is 3.08 bits per heavy atom. The van der Waals surface area contributed by atoms with Crippen molar-refractivity contribution in [3.63, 3.8) is 0 Å². The van der Waals surface area contributed by atoms with Crippen LogP contribution in [0.5, 0.6) is 0 Å². The highest BCUT2D eigenvalue weighted by Gasteiger charge is 2.24. The normalized spacial score (nSPS) is 20.8. The summed E-state index contributed by atoms with van der Waals surface area (Å²) in [7, 11) is 0. The van der Waals surface area contributed by atoms with Gasteiger partial charge in [-0.3, -0.25) is 4.79 Å². The van der Waals surface area contributed by atoms with E-state index in [0.717, 1.165) is 10.6 Å². The second-order valence-electron chi connectivity index (χ2n) is 2.90. The van der Waals surface area contributed by atoms with E-state index in [1.54, 1.807) is 6.07 Å². The molecule has 1 heterocycles. The van der Waals surface area contributed by atoms with Crippen LogP contribution in [-0.4, -0.2) is 11.2 Å². The van der Waals surface area contributed by atoms with Crippen molar-refractivity contribution in [3.8, 4) is 0 Å². The number of hydrogen-bond donors (Lipinski definition) is 1. The number of thioether (sulfide) groups is 1. The van der Waals surface area contributed by atoms with E-state index in [1.807, 2.05) is 19.1 Å². The molecule has 1 unspecified atom stereocenters. The first-order valence-electron chi connectivity index (χ1n) is 3.95. The van der Waals surface area contributed by atoms with Crippen LogP contribution in [0.2, 0.25) is 5.02 Å². The third-order valence-electron chi connectivity index (χ3n) is 1.90. The summed E-state index contributed by atoms with van der Waals surface area (Å²) in [5.74, 6) is 0. The second-order valence-corrected chi connectivity index (χ2v) is 4.33. The number of carbonyl (C=O) groups is 1. The molecule has 1 aromatic carbocycles. The van der Waals surface area contributed by atoms with Crippen LogP contribution in [0.3, 0.4) is 0 Å². The molecular formula is C9H8ClNOS. The van der Waals surface area contributed by atoms with Crippen molar-refractivity contribution in [2.75, 3.05) is 5.32 Å². The van der Waals surface area contributed by atoms with Crippen molar-refractivity contribution < 1.29 is 4.79 Å². The number of nitrogens with one attached hydrogen (secondary N) is 1. The summed E-state index contributed by atoms with van der Waals surface area (Å²) >= 11 is 7.16. The molecule has 1 aromatic rings. The number of benzene rings is 1. The number of anilines is 1. The van der Waals surface area contributed by atoms with Crippen molar-refractivity contribution in [1.29, 1.82) is 0 Å². The topological polar surface area (TPSA) is 29.1 Å². The average Bonchev–Trinajstić information content (AvgIpc) is 2.09. The van der Waals surface area contributed by atoms with E-state index in [4.69, 9.17) is 11.6 Å². The predicted molar refractivity (Wildman–Crippen MR) is 55.4 cm³/mol. The van der Waals surface area contributed by atoms with E-state index >= 15 is 0 Å². The molecule has 0 aromatic heterocycles. The van der Waals surface area contributed by atoms with Gasteiger partial charge in [-0.15, -0.1) is 0 Å². The quantitative estimate of drug-likeness (QED) is 0.719. The van der Waals surface area contributed by atoms with Gasteiger partial charge in [0.2, 0.25) is 5.12 Å². The van der Waals surface area contributed by atoms with Crippen molar-refractivity contribution in [2.24, 2.45) is 0 Å². The molecule has 0 aliphatic carbocycles. The summed E-state index contributed by atoms with van der Waals surface area (Å²) in [5, 5.41) is 3.84. The zero-order chi connectivity index (χ0) is 9.42. The minimum atomic E-state index is -0.129. The average molecular weight is 214 g/mol. The molecule has 0 radical (unpaired) electrons. The van der Waals surface area contributed by atoms with Gasteiger partial charge in [0.05, 0.1) is 21.6 Å². The highest BCUT2D eigenvalue weighted by molar-refractivity contribution is 8.14.